The van der Waals surface area contributed by atoms with Gasteiger partial charge in [0.05, 0.1) is 31.6 Å². The van der Waals surface area contributed by atoms with Crippen molar-refractivity contribution >= 4 is 46.5 Å². The van der Waals surface area contributed by atoms with Crippen LogP contribution in [0.3, 0.4) is 0 Å². The number of hydrogen-bond donors (Lipinski definition) is 0. The number of benzene rings is 3. The minimum absolute atomic E-state index is 0.0105. The minimum Gasteiger partial charge on any atom is -0.447 e. The number of hydrogen-bond acceptors (Lipinski definition) is 6. The van der Waals surface area contributed by atoms with E-state index >= 15 is 0 Å². The maximum absolute atomic E-state index is 11.3. The Morgan fingerprint density at radius 3 is 2.16 bits per heavy atom. The predicted molar refractivity (Wildman–Crippen MR) is 119 cm³/mol. The fourth-order valence-electron chi connectivity index (χ4n) is 2.66. The molecule has 0 bridgehead atoms. The van der Waals surface area contributed by atoms with Gasteiger partial charge in [0, 0.05) is 12.3 Å². The summed E-state index contributed by atoms with van der Waals surface area (Å²) in [4.78, 5) is 25.1. The van der Waals surface area contributed by atoms with Crippen LogP contribution in [-0.4, -0.2) is 16.1 Å². The zero-order chi connectivity index (χ0) is 22.7. The summed E-state index contributed by atoms with van der Waals surface area (Å²) in [6.07, 6.45) is 1.58. The van der Waals surface area contributed by atoms with E-state index in [-0.39, 0.29) is 21.5 Å². The molecule has 0 N–H and O–H groups in total. The van der Waals surface area contributed by atoms with E-state index in [1.54, 1.807) is 18.3 Å². The maximum atomic E-state index is 11.3. The fourth-order valence-corrected chi connectivity index (χ4v) is 3.25. The summed E-state index contributed by atoms with van der Waals surface area (Å²) in [6.45, 7) is 4.00. The molecule has 158 valence electrons. The molecule has 3 aromatic rings. The van der Waals surface area contributed by atoms with E-state index < -0.39 is 21.2 Å². The van der Waals surface area contributed by atoms with Crippen LogP contribution >= 0.6 is 23.2 Å². The van der Waals surface area contributed by atoms with Crippen molar-refractivity contribution in [1.82, 2.24) is 0 Å². The third kappa shape index (κ3) is 5.17. The average molecular weight is 460 g/mol. The highest BCUT2D eigenvalue weighted by Gasteiger charge is 2.23. The molecular weight excluding hydrogens is 445 g/mol. The number of nitrogens with zero attached hydrogens (tertiary/aromatic N) is 3. The number of aliphatic imine (C=N–C) groups is 1. The van der Waals surface area contributed by atoms with E-state index in [0.717, 1.165) is 35.0 Å². The second kappa shape index (κ2) is 9.11. The number of nitro groups is 2. The number of ether oxygens (including phenoxy) is 1. The smallest absolute Gasteiger partial charge is 0.318 e. The molecule has 0 unspecified atom stereocenters. The lowest BCUT2D eigenvalue weighted by atomic mass is 10.1. The van der Waals surface area contributed by atoms with Gasteiger partial charge in [-0.2, -0.15) is 0 Å². The molecule has 0 radical (unpaired) electrons. The van der Waals surface area contributed by atoms with Gasteiger partial charge in [0.15, 0.2) is 5.75 Å². The van der Waals surface area contributed by atoms with Crippen LogP contribution in [0.5, 0.6) is 11.5 Å². The molecule has 0 aliphatic heterocycles. The van der Waals surface area contributed by atoms with E-state index in [1.165, 1.54) is 0 Å². The van der Waals surface area contributed by atoms with Gasteiger partial charge in [-0.25, -0.2) is 0 Å². The molecule has 10 heteroatoms. The summed E-state index contributed by atoms with van der Waals surface area (Å²) in [5.74, 6) is -0.237. The molecule has 0 aliphatic rings. The first-order valence-electron chi connectivity index (χ1n) is 8.86. The van der Waals surface area contributed by atoms with Crippen molar-refractivity contribution in [3.63, 3.8) is 0 Å². The van der Waals surface area contributed by atoms with E-state index in [1.807, 2.05) is 32.0 Å². The van der Waals surface area contributed by atoms with Crippen molar-refractivity contribution in [2.45, 2.75) is 13.8 Å². The summed E-state index contributed by atoms with van der Waals surface area (Å²) >= 11 is 12.6. The molecule has 3 aromatic carbocycles. The quantitative estimate of drug-likeness (QED) is 0.224. The molecule has 3 rings (SSSR count). The fraction of sp³-hybridized carbons (Fsp3) is 0.0952. The summed E-state index contributed by atoms with van der Waals surface area (Å²) < 4.78 is 5.54. The topological polar surface area (TPSA) is 108 Å². The van der Waals surface area contributed by atoms with E-state index in [9.17, 15) is 20.2 Å². The number of aryl methyl sites for hydroxylation is 2. The first-order valence-corrected chi connectivity index (χ1v) is 9.62. The molecule has 31 heavy (non-hydrogen) atoms. The predicted octanol–water partition coefficient (Wildman–Crippen LogP) is 6.97. The first-order chi connectivity index (χ1) is 14.7. The lowest BCUT2D eigenvalue weighted by Crippen LogP contribution is -1.97. The van der Waals surface area contributed by atoms with Crippen LogP contribution in [0.15, 0.2) is 53.5 Å². The molecular formula is C21H15Cl2N3O5. The lowest BCUT2D eigenvalue weighted by Gasteiger charge is -2.10. The molecule has 0 saturated carbocycles. The molecule has 0 aromatic heterocycles. The highest BCUT2D eigenvalue weighted by Crippen LogP contribution is 2.41. The SMILES string of the molecule is Cc1ccc(N=Cc2cc(Cl)c(Oc3ccc([N+](=O)[O-])cc3[N+](=O)[O-])c(Cl)c2)cc1C. The Hall–Kier alpha value is -3.49. The van der Waals surface area contributed by atoms with E-state index in [0.29, 0.717) is 5.56 Å². The second-order valence-corrected chi connectivity index (χ2v) is 7.42. The molecule has 0 amide bonds. The van der Waals surface area contributed by atoms with Crippen LogP contribution in [0.4, 0.5) is 17.1 Å². The van der Waals surface area contributed by atoms with Crippen molar-refractivity contribution in [1.29, 1.82) is 0 Å². The van der Waals surface area contributed by atoms with Crippen molar-refractivity contribution in [2.24, 2.45) is 4.99 Å². The molecule has 0 aliphatic carbocycles. The highest BCUT2D eigenvalue weighted by molar-refractivity contribution is 6.37. The van der Waals surface area contributed by atoms with Gasteiger partial charge in [-0.15, -0.1) is 0 Å². The molecule has 0 heterocycles. The second-order valence-electron chi connectivity index (χ2n) is 6.61. The van der Waals surface area contributed by atoms with Crippen molar-refractivity contribution in [2.75, 3.05) is 0 Å². The van der Waals surface area contributed by atoms with Gasteiger partial charge in [-0.1, -0.05) is 29.3 Å². The summed E-state index contributed by atoms with van der Waals surface area (Å²) in [6, 6.07) is 11.9. The zero-order valence-corrected chi connectivity index (χ0v) is 17.8. The summed E-state index contributed by atoms with van der Waals surface area (Å²) in [5.41, 5.74) is 2.61. The van der Waals surface area contributed by atoms with Crippen LogP contribution in [0.1, 0.15) is 16.7 Å². The summed E-state index contributed by atoms with van der Waals surface area (Å²) in [7, 11) is 0. The van der Waals surface area contributed by atoms with Crippen molar-refractivity contribution in [3.05, 3.63) is 95.5 Å². The number of nitro benzene ring substituents is 2. The van der Waals surface area contributed by atoms with Crippen molar-refractivity contribution < 1.29 is 14.6 Å². The van der Waals surface area contributed by atoms with Gasteiger partial charge >= 0.3 is 5.69 Å². The number of halogens is 2. The Morgan fingerprint density at radius 1 is 0.903 bits per heavy atom. The molecule has 8 nitrogen and oxygen atoms in total. The van der Waals surface area contributed by atoms with Gasteiger partial charge in [0.25, 0.3) is 5.69 Å². The Morgan fingerprint density at radius 2 is 1.58 bits per heavy atom. The monoisotopic (exact) mass is 459 g/mol. The van der Waals surface area contributed by atoms with E-state index in [4.69, 9.17) is 27.9 Å². The Balaban J connectivity index is 1.91. The van der Waals surface area contributed by atoms with Crippen LogP contribution in [0.2, 0.25) is 10.0 Å². The Labute approximate surface area is 187 Å². The van der Waals surface area contributed by atoms with Crippen LogP contribution in [0.25, 0.3) is 0 Å². The highest BCUT2D eigenvalue weighted by atomic mass is 35.5. The normalized spacial score (nSPS) is 11.0. The largest absolute Gasteiger partial charge is 0.447 e. The third-order valence-electron chi connectivity index (χ3n) is 4.44. The maximum Gasteiger partial charge on any atom is 0.318 e. The van der Waals surface area contributed by atoms with Crippen LogP contribution in [-0.2, 0) is 0 Å². The molecule has 0 saturated heterocycles. The zero-order valence-electron chi connectivity index (χ0n) is 16.3. The summed E-state index contributed by atoms with van der Waals surface area (Å²) in [5, 5.41) is 22.4. The molecule has 0 spiro atoms. The Bertz CT molecular complexity index is 1200. The third-order valence-corrected chi connectivity index (χ3v) is 5.00. The van der Waals surface area contributed by atoms with Gasteiger partial charge in [-0.05, 0) is 60.9 Å². The van der Waals surface area contributed by atoms with Crippen LogP contribution < -0.4 is 4.74 Å². The molecule has 0 atom stereocenters. The van der Waals surface area contributed by atoms with Crippen LogP contribution in [0, 0.1) is 34.1 Å². The average Bonchev–Trinajstić information content (AvgIpc) is 2.71. The molecule has 0 fully saturated rings. The first kappa shape index (κ1) is 22.2. The van der Waals surface area contributed by atoms with Gasteiger partial charge in [-0.3, -0.25) is 25.2 Å². The minimum atomic E-state index is -0.783. The van der Waals surface area contributed by atoms with Gasteiger partial charge in [0.1, 0.15) is 0 Å². The van der Waals surface area contributed by atoms with E-state index in [2.05, 4.69) is 4.99 Å². The number of non-ortho nitro benzene ring substituents is 1. The number of rotatable bonds is 6. The lowest BCUT2D eigenvalue weighted by molar-refractivity contribution is -0.394. The van der Waals surface area contributed by atoms with Gasteiger partial charge in [0.2, 0.25) is 5.75 Å². The van der Waals surface area contributed by atoms with Gasteiger partial charge < -0.3 is 4.74 Å². The van der Waals surface area contributed by atoms with Crippen molar-refractivity contribution in [3.8, 4) is 11.5 Å². The standard InChI is InChI=1S/C21H15Cl2N3O5/c1-12-3-4-15(7-13(12)2)24-11-14-8-17(22)21(18(23)9-14)31-20-6-5-16(25(27)28)10-19(20)26(29)30/h3-11H,1-2H3. The Kier molecular flexibility index (Phi) is 6.53.